The van der Waals surface area contributed by atoms with Crippen LogP contribution < -0.4 is 4.74 Å². The Hall–Kier alpha value is -3.18. The quantitative estimate of drug-likeness (QED) is 0.550. The minimum absolute atomic E-state index is 0.0542. The summed E-state index contributed by atoms with van der Waals surface area (Å²) in [5.74, 6) is 6.78. The Balaban J connectivity index is 0.000000302. The fourth-order valence-electron chi connectivity index (χ4n) is 3.52. The van der Waals surface area contributed by atoms with Gasteiger partial charge < -0.3 is 24.3 Å². The molecule has 2 aromatic carbocycles. The summed E-state index contributed by atoms with van der Waals surface area (Å²) in [6.45, 7) is 3.14. The molecule has 0 aliphatic carbocycles. The first-order valence-corrected chi connectivity index (χ1v) is 11.4. The van der Waals surface area contributed by atoms with Gasteiger partial charge in [-0.15, -0.1) is 0 Å². The van der Waals surface area contributed by atoms with Gasteiger partial charge >= 0.3 is 0 Å². The summed E-state index contributed by atoms with van der Waals surface area (Å²) in [6.07, 6.45) is 5.22. The van der Waals surface area contributed by atoms with Crippen LogP contribution in [0.2, 0.25) is 0 Å². The molecule has 1 atom stereocenters. The van der Waals surface area contributed by atoms with Crippen LogP contribution in [-0.2, 0) is 11.8 Å². The lowest BCUT2D eigenvalue weighted by molar-refractivity contribution is 0.0255. The van der Waals surface area contributed by atoms with E-state index in [-0.39, 0.29) is 18.5 Å². The van der Waals surface area contributed by atoms with Crippen molar-refractivity contribution >= 4 is 0 Å². The summed E-state index contributed by atoms with van der Waals surface area (Å²) in [4.78, 5) is 3.93. The maximum absolute atomic E-state index is 14.5. The molecule has 1 saturated heterocycles. The van der Waals surface area contributed by atoms with E-state index >= 15 is 0 Å². The molecule has 0 bridgehead atoms. The number of imidazole rings is 1. The Morgan fingerprint density at radius 2 is 1.94 bits per heavy atom. The zero-order chi connectivity index (χ0) is 24.3. The Morgan fingerprint density at radius 3 is 2.50 bits per heavy atom. The van der Waals surface area contributed by atoms with E-state index in [9.17, 15) is 4.39 Å². The topological polar surface area (TPSA) is 76.7 Å². The Bertz CT molecular complexity index is 1090. The van der Waals surface area contributed by atoms with Gasteiger partial charge in [0, 0.05) is 55.9 Å². The predicted octanol–water partition coefficient (Wildman–Crippen LogP) is 4.26. The van der Waals surface area contributed by atoms with Crippen molar-refractivity contribution in [3.05, 3.63) is 72.1 Å². The Kier molecular flexibility index (Phi) is 9.65. The smallest absolute Gasteiger partial charge is 0.137 e. The van der Waals surface area contributed by atoms with Crippen LogP contribution in [0.1, 0.15) is 43.7 Å². The molecule has 7 heteroatoms. The normalized spacial score (nSPS) is 14.4. The third kappa shape index (κ3) is 7.42. The summed E-state index contributed by atoms with van der Waals surface area (Å²) in [6, 6.07) is 12.4. The fraction of sp³-hybridized carbons (Fsp3) is 0.370. The third-order valence-electron chi connectivity index (χ3n) is 5.31. The largest absolute Gasteiger partial charge is 0.490 e. The molecule has 0 radical (unpaired) electrons. The van der Waals surface area contributed by atoms with Crippen molar-refractivity contribution in [1.29, 1.82) is 0 Å². The van der Waals surface area contributed by atoms with Crippen LogP contribution in [0.3, 0.4) is 0 Å². The van der Waals surface area contributed by atoms with Gasteiger partial charge in [0.2, 0.25) is 0 Å². The molecule has 1 aromatic heterocycles. The number of hydrogen-bond donors (Lipinski definition) is 2. The second-order valence-electron chi connectivity index (χ2n) is 8.00. The van der Waals surface area contributed by atoms with Crippen LogP contribution in [0.5, 0.6) is 5.75 Å². The van der Waals surface area contributed by atoms with Gasteiger partial charge in [0.25, 0.3) is 0 Å². The first-order chi connectivity index (χ1) is 16.5. The highest BCUT2D eigenvalue weighted by atomic mass is 19.1. The minimum atomic E-state index is -0.468. The summed E-state index contributed by atoms with van der Waals surface area (Å²) in [7, 11) is 1.86. The minimum Gasteiger partial charge on any atom is -0.490 e. The molecule has 0 amide bonds. The van der Waals surface area contributed by atoms with Gasteiger partial charge in [-0.25, -0.2) is 9.37 Å². The van der Waals surface area contributed by atoms with Gasteiger partial charge in [-0.05, 0) is 36.8 Å². The average molecular weight is 467 g/mol. The number of ether oxygens (including phenoxy) is 2. The molecular formula is C27H31FN2O4. The monoisotopic (exact) mass is 466 g/mol. The number of aliphatic hydroxyl groups is 2. The first-order valence-electron chi connectivity index (χ1n) is 11.4. The van der Waals surface area contributed by atoms with E-state index in [0.717, 1.165) is 24.0 Å². The van der Waals surface area contributed by atoms with Gasteiger partial charge in [0.15, 0.2) is 0 Å². The number of hydrogen-bond acceptors (Lipinski definition) is 5. The molecule has 1 aliphatic heterocycles. The molecule has 0 saturated carbocycles. The zero-order valence-electron chi connectivity index (χ0n) is 19.6. The summed E-state index contributed by atoms with van der Waals surface area (Å²) in [5.41, 5.74) is 2.18. The molecule has 2 heterocycles. The second kappa shape index (κ2) is 12.9. The highest BCUT2D eigenvalue weighted by molar-refractivity contribution is 5.66. The van der Waals surface area contributed by atoms with E-state index in [0.29, 0.717) is 36.8 Å². The summed E-state index contributed by atoms with van der Waals surface area (Å²) in [5, 5.41) is 17.7. The standard InChI is InChI=1S/C21H21FO3.C6H10N2O/c22-21-15-19(25-18-10-13-24-14-11-18)8-9-20(21)17-6-4-16(5-7-17)3-1-2-12-23;1-5(9)6-7-3-4-8(6)2/h4-9,15,18,23H,2,10-14H2;3-5,9H,1-2H3. The molecule has 1 unspecified atom stereocenters. The van der Waals surface area contributed by atoms with E-state index in [1.807, 2.05) is 43.6 Å². The highest BCUT2D eigenvalue weighted by Crippen LogP contribution is 2.28. The molecule has 1 aliphatic rings. The highest BCUT2D eigenvalue weighted by Gasteiger charge is 2.16. The van der Waals surface area contributed by atoms with Crippen molar-refractivity contribution in [3.8, 4) is 28.7 Å². The molecule has 3 aromatic rings. The van der Waals surface area contributed by atoms with Gasteiger partial charge in [-0.1, -0.05) is 24.0 Å². The Labute approximate surface area is 200 Å². The molecule has 4 rings (SSSR count). The van der Waals surface area contributed by atoms with Crippen LogP contribution >= 0.6 is 0 Å². The van der Waals surface area contributed by atoms with Crippen LogP contribution in [0.4, 0.5) is 4.39 Å². The van der Waals surface area contributed by atoms with Gasteiger partial charge in [-0.3, -0.25) is 0 Å². The number of aromatic nitrogens is 2. The van der Waals surface area contributed by atoms with Crippen molar-refractivity contribution in [3.63, 3.8) is 0 Å². The molecular weight excluding hydrogens is 435 g/mol. The van der Waals surface area contributed by atoms with E-state index in [2.05, 4.69) is 16.8 Å². The summed E-state index contributed by atoms with van der Waals surface area (Å²) >= 11 is 0. The van der Waals surface area contributed by atoms with Crippen molar-refractivity contribution in [1.82, 2.24) is 9.55 Å². The van der Waals surface area contributed by atoms with Gasteiger partial charge in [0.05, 0.1) is 19.8 Å². The lowest BCUT2D eigenvalue weighted by atomic mass is 10.0. The van der Waals surface area contributed by atoms with Crippen LogP contribution in [0, 0.1) is 17.7 Å². The number of aliphatic hydroxyl groups excluding tert-OH is 2. The first kappa shape index (κ1) is 25.4. The number of rotatable bonds is 5. The van der Waals surface area contributed by atoms with Crippen LogP contribution in [-0.4, -0.2) is 45.7 Å². The number of halogens is 1. The predicted molar refractivity (Wildman–Crippen MR) is 129 cm³/mol. The van der Waals surface area contributed by atoms with E-state index in [4.69, 9.17) is 19.7 Å². The maximum Gasteiger partial charge on any atom is 0.137 e. The van der Waals surface area contributed by atoms with Crippen molar-refractivity contribution in [2.24, 2.45) is 7.05 Å². The fourth-order valence-corrected chi connectivity index (χ4v) is 3.52. The maximum atomic E-state index is 14.5. The van der Waals surface area contributed by atoms with Gasteiger partial charge in [-0.2, -0.15) is 0 Å². The zero-order valence-corrected chi connectivity index (χ0v) is 19.6. The number of nitrogens with zero attached hydrogens (tertiary/aromatic N) is 2. The van der Waals surface area contributed by atoms with E-state index in [1.165, 1.54) is 6.07 Å². The van der Waals surface area contributed by atoms with Crippen molar-refractivity contribution < 1.29 is 24.1 Å². The van der Waals surface area contributed by atoms with E-state index < -0.39 is 6.10 Å². The summed E-state index contributed by atoms with van der Waals surface area (Å²) < 4.78 is 27.4. The Morgan fingerprint density at radius 1 is 1.21 bits per heavy atom. The molecule has 34 heavy (non-hydrogen) atoms. The molecule has 1 fully saturated rings. The molecule has 0 spiro atoms. The average Bonchev–Trinajstić information content (AvgIpc) is 3.27. The third-order valence-corrected chi connectivity index (χ3v) is 5.31. The number of benzene rings is 2. The molecule has 6 nitrogen and oxygen atoms in total. The van der Waals surface area contributed by atoms with Crippen molar-refractivity contribution in [2.75, 3.05) is 19.8 Å². The van der Waals surface area contributed by atoms with Gasteiger partial charge in [0.1, 0.15) is 29.6 Å². The molecule has 180 valence electrons. The van der Waals surface area contributed by atoms with Crippen LogP contribution in [0.15, 0.2) is 54.9 Å². The molecule has 2 N–H and O–H groups in total. The van der Waals surface area contributed by atoms with Crippen molar-refractivity contribution in [2.45, 2.75) is 38.4 Å². The SMILES string of the molecule is CC(O)c1nccn1C.OCCC#Cc1ccc(-c2ccc(OC3CCOCC3)cc2F)cc1. The lowest BCUT2D eigenvalue weighted by Gasteiger charge is -2.23. The lowest BCUT2D eigenvalue weighted by Crippen LogP contribution is -2.25. The van der Waals surface area contributed by atoms with Crippen LogP contribution in [0.25, 0.3) is 11.1 Å². The van der Waals surface area contributed by atoms with E-state index in [1.54, 1.807) is 23.8 Å². The number of aryl methyl sites for hydroxylation is 1. The second-order valence-corrected chi connectivity index (χ2v) is 8.00.